The lowest BCUT2D eigenvalue weighted by atomic mass is 9.93. The number of halogens is 5. The number of hydrogen-bond acceptors (Lipinski definition) is 2. The van der Waals surface area contributed by atoms with E-state index in [-0.39, 0.29) is 18.0 Å². The van der Waals surface area contributed by atoms with E-state index in [1.807, 2.05) is 0 Å². The monoisotopic (exact) mass is 363 g/mol. The minimum atomic E-state index is -1.49. The molecule has 0 heterocycles. The van der Waals surface area contributed by atoms with Gasteiger partial charge in [0.15, 0.2) is 0 Å². The summed E-state index contributed by atoms with van der Waals surface area (Å²) in [4.78, 5) is 10.7. The van der Waals surface area contributed by atoms with Gasteiger partial charge in [-0.15, -0.1) is 12.4 Å². The third-order valence-electron chi connectivity index (χ3n) is 3.41. The standard InChI is InChI=1S/C16H13F4NO2.ClH/c1-7-5-8(13-9(17)3-2-4-10(13)18)16(20)14(15(7)19)11(21)6-12(22)23;/h2-5,11H,6,21H2,1H3,(H,22,23);1H. The summed E-state index contributed by atoms with van der Waals surface area (Å²) < 4.78 is 56.5. The molecule has 0 aliphatic carbocycles. The minimum absolute atomic E-state index is 0. The molecule has 0 aliphatic rings. The fourth-order valence-electron chi connectivity index (χ4n) is 2.35. The molecule has 3 nitrogen and oxygen atoms in total. The number of benzene rings is 2. The fourth-order valence-corrected chi connectivity index (χ4v) is 2.35. The fraction of sp³-hybridized carbons (Fsp3) is 0.188. The zero-order valence-electron chi connectivity index (χ0n) is 12.4. The molecule has 3 N–H and O–H groups in total. The zero-order chi connectivity index (χ0) is 17.3. The molecular formula is C16H14ClF4NO2. The number of rotatable bonds is 4. The van der Waals surface area contributed by atoms with Gasteiger partial charge in [-0.3, -0.25) is 4.79 Å². The van der Waals surface area contributed by atoms with E-state index in [1.54, 1.807) is 0 Å². The van der Waals surface area contributed by atoms with Gasteiger partial charge in [0, 0.05) is 17.2 Å². The molecule has 8 heteroatoms. The molecule has 0 radical (unpaired) electrons. The molecular weight excluding hydrogens is 350 g/mol. The first kappa shape index (κ1) is 19.9. The van der Waals surface area contributed by atoms with Gasteiger partial charge in [0.2, 0.25) is 0 Å². The third-order valence-corrected chi connectivity index (χ3v) is 3.41. The highest BCUT2D eigenvalue weighted by Crippen LogP contribution is 2.35. The largest absolute Gasteiger partial charge is 0.481 e. The highest BCUT2D eigenvalue weighted by atomic mass is 35.5. The molecule has 2 rings (SSSR count). The van der Waals surface area contributed by atoms with Crippen molar-refractivity contribution in [1.82, 2.24) is 0 Å². The Bertz CT molecular complexity index is 763. The van der Waals surface area contributed by atoms with Gasteiger partial charge >= 0.3 is 5.97 Å². The molecule has 1 unspecified atom stereocenters. The smallest absolute Gasteiger partial charge is 0.305 e. The Labute approximate surface area is 141 Å². The first-order chi connectivity index (χ1) is 10.7. The average molecular weight is 364 g/mol. The number of aryl methyl sites for hydroxylation is 1. The molecule has 2 aromatic carbocycles. The van der Waals surface area contributed by atoms with Crippen molar-refractivity contribution in [3.05, 3.63) is 58.7 Å². The topological polar surface area (TPSA) is 63.3 Å². The maximum absolute atomic E-state index is 14.6. The van der Waals surface area contributed by atoms with Gasteiger partial charge < -0.3 is 10.8 Å². The summed E-state index contributed by atoms with van der Waals surface area (Å²) in [5.41, 5.74) is 3.58. The quantitative estimate of drug-likeness (QED) is 0.803. The molecule has 0 saturated heterocycles. The van der Waals surface area contributed by atoms with Crippen LogP contribution in [0.3, 0.4) is 0 Å². The molecule has 130 valence electrons. The van der Waals surface area contributed by atoms with E-state index >= 15 is 0 Å². The summed E-state index contributed by atoms with van der Waals surface area (Å²) in [6, 6.07) is 2.46. The Balaban J connectivity index is 0.00000288. The summed E-state index contributed by atoms with van der Waals surface area (Å²) in [6.45, 7) is 1.27. The maximum Gasteiger partial charge on any atom is 0.305 e. The lowest BCUT2D eigenvalue weighted by Crippen LogP contribution is -2.19. The summed E-state index contributed by atoms with van der Waals surface area (Å²) >= 11 is 0. The van der Waals surface area contributed by atoms with E-state index in [4.69, 9.17) is 10.8 Å². The Morgan fingerprint density at radius 3 is 2.21 bits per heavy atom. The first-order valence-corrected chi connectivity index (χ1v) is 6.64. The molecule has 24 heavy (non-hydrogen) atoms. The highest BCUT2D eigenvalue weighted by Gasteiger charge is 2.26. The molecule has 0 aromatic heterocycles. The summed E-state index contributed by atoms with van der Waals surface area (Å²) in [5.74, 6) is -5.70. The average Bonchev–Trinajstić information content (AvgIpc) is 2.43. The van der Waals surface area contributed by atoms with E-state index < -0.39 is 58.4 Å². The predicted octanol–water partition coefficient (Wildman–Crippen LogP) is 4.11. The van der Waals surface area contributed by atoms with Crippen molar-refractivity contribution in [3.8, 4) is 11.1 Å². The number of carboxylic acid groups (broad SMARTS) is 1. The summed E-state index contributed by atoms with van der Waals surface area (Å²) in [7, 11) is 0. The lowest BCUT2D eigenvalue weighted by Gasteiger charge is -2.17. The van der Waals surface area contributed by atoms with Crippen LogP contribution in [0.4, 0.5) is 17.6 Å². The second-order valence-electron chi connectivity index (χ2n) is 5.08. The van der Waals surface area contributed by atoms with E-state index in [2.05, 4.69) is 0 Å². The van der Waals surface area contributed by atoms with Crippen LogP contribution in [0.1, 0.15) is 23.6 Å². The Kier molecular flexibility index (Phi) is 6.34. The highest BCUT2D eigenvalue weighted by molar-refractivity contribution is 5.85. The van der Waals surface area contributed by atoms with Crippen molar-refractivity contribution >= 4 is 18.4 Å². The van der Waals surface area contributed by atoms with Crippen molar-refractivity contribution in [2.24, 2.45) is 5.73 Å². The van der Waals surface area contributed by atoms with Crippen molar-refractivity contribution in [2.45, 2.75) is 19.4 Å². The van der Waals surface area contributed by atoms with E-state index in [1.165, 1.54) is 6.92 Å². The molecule has 0 amide bonds. The molecule has 2 aromatic rings. The van der Waals surface area contributed by atoms with Crippen LogP contribution in [0.2, 0.25) is 0 Å². The van der Waals surface area contributed by atoms with Crippen LogP contribution in [0.25, 0.3) is 11.1 Å². The molecule has 0 saturated carbocycles. The zero-order valence-corrected chi connectivity index (χ0v) is 13.3. The van der Waals surface area contributed by atoms with Crippen LogP contribution < -0.4 is 5.73 Å². The molecule has 0 fully saturated rings. The molecule has 1 atom stereocenters. The maximum atomic E-state index is 14.6. The van der Waals surface area contributed by atoms with Gasteiger partial charge in [-0.25, -0.2) is 17.6 Å². The van der Waals surface area contributed by atoms with Gasteiger partial charge in [-0.2, -0.15) is 0 Å². The van der Waals surface area contributed by atoms with Gasteiger partial charge in [-0.1, -0.05) is 6.07 Å². The first-order valence-electron chi connectivity index (χ1n) is 6.64. The number of nitrogens with two attached hydrogens (primary N) is 1. The lowest BCUT2D eigenvalue weighted by molar-refractivity contribution is -0.137. The Hall–Kier alpha value is -2.12. The van der Waals surface area contributed by atoms with Crippen molar-refractivity contribution in [2.75, 3.05) is 0 Å². The van der Waals surface area contributed by atoms with Crippen LogP contribution in [0.15, 0.2) is 24.3 Å². The second kappa shape index (κ2) is 7.63. The predicted molar refractivity (Wildman–Crippen MR) is 82.9 cm³/mol. The van der Waals surface area contributed by atoms with Crippen LogP contribution in [-0.4, -0.2) is 11.1 Å². The van der Waals surface area contributed by atoms with Crippen molar-refractivity contribution < 1.29 is 27.5 Å². The molecule has 0 spiro atoms. The van der Waals surface area contributed by atoms with Gasteiger partial charge in [0.1, 0.15) is 23.3 Å². The van der Waals surface area contributed by atoms with Gasteiger partial charge in [0.05, 0.1) is 12.0 Å². The van der Waals surface area contributed by atoms with Crippen molar-refractivity contribution in [1.29, 1.82) is 0 Å². The number of carbonyl (C=O) groups is 1. The Morgan fingerprint density at radius 2 is 1.71 bits per heavy atom. The van der Waals surface area contributed by atoms with E-state index in [9.17, 15) is 22.4 Å². The van der Waals surface area contributed by atoms with Crippen molar-refractivity contribution in [3.63, 3.8) is 0 Å². The van der Waals surface area contributed by atoms with E-state index in [0.717, 1.165) is 24.3 Å². The molecule has 0 bridgehead atoms. The van der Waals surface area contributed by atoms with Crippen LogP contribution in [0.5, 0.6) is 0 Å². The minimum Gasteiger partial charge on any atom is -0.481 e. The number of aliphatic carboxylic acids is 1. The Morgan fingerprint density at radius 1 is 1.17 bits per heavy atom. The number of carboxylic acids is 1. The van der Waals surface area contributed by atoms with E-state index in [0.29, 0.717) is 0 Å². The summed E-state index contributed by atoms with van der Waals surface area (Å²) in [6.07, 6.45) is -0.726. The number of hydrogen-bond donors (Lipinski definition) is 2. The molecule has 0 aliphatic heterocycles. The van der Waals surface area contributed by atoms with Crippen LogP contribution in [0, 0.1) is 30.2 Å². The van der Waals surface area contributed by atoms with Crippen LogP contribution >= 0.6 is 12.4 Å². The third kappa shape index (κ3) is 3.68. The SMILES string of the molecule is Cc1cc(-c2c(F)cccc2F)c(F)c(C(N)CC(=O)O)c1F.Cl. The normalized spacial score (nSPS) is 11.8. The van der Waals surface area contributed by atoms with Crippen LogP contribution in [-0.2, 0) is 4.79 Å². The van der Waals surface area contributed by atoms with Gasteiger partial charge in [0.25, 0.3) is 0 Å². The van der Waals surface area contributed by atoms with Gasteiger partial charge in [-0.05, 0) is 30.7 Å². The summed E-state index contributed by atoms with van der Waals surface area (Å²) in [5, 5.41) is 8.73. The second-order valence-corrected chi connectivity index (χ2v) is 5.08.